The van der Waals surface area contributed by atoms with Gasteiger partial charge in [-0.1, -0.05) is 44.0 Å². The third-order valence-electron chi connectivity index (χ3n) is 5.92. The maximum Gasteiger partial charge on any atom is 0.261 e. The van der Waals surface area contributed by atoms with Gasteiger partial charge in [0, 0.05) is 18.2 Å². The first-order valence-electron chi connectivity index (χ1n) is 11.1. The minimum Gasteiger partial charge on any atom is -0.483 e. The normalized spacial score (nSPS) is 14.8. The summed E-state index contributed by atoms with van der Waals surface area (Å²) in [7, 11) is 0. The quantitative estimate of drug-likeness (QED) is 0.522. The second-order valence-corrected chi connectivity index (χ2v) is 9.04. The second-order valence-electron chi connectivity index (χ2n) is 8.19. The van der Waals surface area contributed by atoms with Crippen LogP contribution in [0, 0.1) is 5.82 Å². The molecule has 2 amide bonds. The molecular formula is C25H30BrFN2O3. The van der Waals surface area contributed by atoms with Crippen LogP contribution >= 0.6 is 15.9 Å². The van der Waals surface area contributed by atoms with E-state index in [1.807, 2.05) is 18.2 Å². The number of nitrogens with zero attached hydrogens (tertiary/aromatic N) is 1. The Hall–Kier alpha value is -2.41. The summed E-state index contributed by atoms with van der Waals surface area (Å²) >= 11 is 3.48. The molecule has 32 heavy (non-hydrogen) atoms. The molecule has 7 heteroatoms. The Kier molecular flexibility index (Phi) is 8.67. The van der Waals surface area contributed by atoms with E-state index in [4.69, 9.17) is 4.74 Å². The van der Waals surface area contributed by atoms with Gasteiger partial charge >= 0.3 is 0 Å². The van der Waals surface area contributed by atoms with Gasteiger partial charge in [0.1, 0.15) is 17.6 Å². The van der Waals surface area contributed by atoms with Crippen LogP contribution in [0.5, 0.6) is 5.75 Å². The van der Waals surface area contributed by atoms with E-state index in [0.717, 1.165) is 42.1 Å². The van der Waals surface area contributed by atoms with Crippen molar-refractivity contribution in [1.82, 2.24) is 10.2 Å². The maximum absolute atomic E-state index is 14.3. The molecule has 0 bridgehead atoms. The molecule has 0 aliphatic heterocycles. The van der Waals surface area contributed by atoms with Gasteiger partial charge in [0.15, 0.2) is 6.61 Å². The molecule has 0 saturated heterocycles. The van der Waals surface area contributed by atoms with Gasteiger partial charge in [0.2, 0.25) is 5.91 Å². The molecule has 1 aliphatic rings. The lowest BCUT2D eigenvalue weighted by atomic mass is 10.1. The van der Waals surface area contributed by atoms with Gasteiger partial charge in [0.25, 0.3) is 5.91 Å². The zero-order chi connectivity index (χ0) is 23.1. The summed E-state index contributed by atoms with van der Waals surface area (Å²) in [6, 6.07) is 11.4. The third kappa shape index (κ3) is 6.31. The van der Waals surface area contributed by atoms with E-state index in [1.54, 1.807) is 25.1 Å². The van der Waals surface area contributed by atoms with E-state index in [-0.39, 0.29) is 31.0 Å². The standard InChI is InChI=1S/C25H30BrFN2O3/c1-3-18-12-13-23(21(26)14-18)32-16-24(30)29(15-19-8-4-7-11-22(19)27)17(2)25(31)28-20-9-5-6-10-20/h4,7-8,11-14,17,20H,3,5-6,9-10,15-16H2,1-2H3,(H,28,31). The van der Waals surface area contributed by atoms with Gasteiger partial charge < -0.3 is 15.0 Å². The topological polar surface area (TPSA) is 58.6 Å². The van der Waals surface area contributed by atoms with E-state index in [2.05, 4.69) is 28.2 Å². The van der Waals surface area contributed by atoms with Crippen molar-refractivity contribution in [3.05, 3.63) is 63.9 Å². The smallest absolute Gasteiger partial charge is 0.261 e. The number of hydrogen-bond acceptors (Lipinski definition) is 3. The van der Waals surface area contributed by atoms with Crippen molar-refractivity contribution < 1.29 is 18.7 Å². The van der Waals surface area contributed by atoms with Gasteiger partial charge in [-0.05, 0) is 65.9 Å². The van der Waals surface area contributed by atoms with E-state index in [1.165, 1.54) is 11.0 Å². The average molecular weight is 505 g/mol. The minimum atomic E-state index is -0.753. The zero-order valence-corrected chi connectivity index (χ0v) is 20.2. The van der Waals surface area contributed by atoms with Gasteiger partial charge in [-0.2, -0.15) is 0 Å². The summed E-state index contributed by atoms with van der Waals surface area (Å²) in [5.41, 5.74) is 1.50. The van der Waals surface area contributed by atoms with Crippen molar-refractivity contribution in [3.8, 4) is 5.75 Å². The number of carbonyl (C=O) groups is 2. The number of carbonyl (C=O) groups excluding carboxylic acids is 2. The van der Waals surface area contributed by atoms with Crippen LogP contribution in [0.1, 0.15) is 50.7 Å². The maximum atomic E-state index is 14.3. The predicted octanol–water partition coefficient (Wildman–Crippen LogP) is 5.01. The second kappa shape index (κ2) is 11.5. The summed E-state index contributed by atoms with van der Waals surface area (Å²) in [6.07, 6.45) is 4.98. The highest BCUT2D eigenvalue weighted by Crippen LogP contribution is 2.26. The van der Waals surface area contributed by atoms with Gasteiger partial charge in [-0.15, -0.1) is 0 Å². The van der Waals surface area contributed by atoms with Crippen LogP contribution in [-0.4, -0.2) is 35.4 Å². The highest BCUT2D eigenvalue weighted by atomic mass is 79.9. The summed E-state index contributed by atoms with van der Waals surface area (Å²) in [5, 5.41) is 3.04. The summed E-state index contributed by atoms with van der Waals surface area (Å²) in [6.45, 7) is 3.48. The van der Waals surface area contributed by atoms with Gasteiger partial charge in [0.05, 0.1) is 4.47 Å². The number of halogens is 2. The number of ether oxygens (including phenoxy) is 1. The van der Waals surface area contributed by atoms with Gasteiger partial charge in [-0.25, -0.2) is 4.39 Å². The van der Waals surface area contributed by atoms with E-state index < -0.39 is 11.9 Å². The lowest BCUT2D eigenvalue weighted by Crippen LogP contribution is -2.50. The first-order chi connectivity index (χ1) is 15.4. The van der Waals surface area contributed by atoms with Gasteiger partial charge in [-0.3, -0.25) is 9.59 Å². The SMILES string of the molecule is CCc1ccc(OCC(=O)N(Cc2ccccc2F)C(C)C(=O)NC2CCCC2)c(Br)c1. The lowest BCUT2D eigenvalue weighted by molar-refractivity contribution is -0.142. The lowest BCUT2D eigenvalue weighted by Gasteiger charge is -2.29. The Morgan fingerprint density at radius 2 is 1.94 bits per heavy atom. The number of amides is 2. The zero-order valence-electron chi connectivity index (χ0n) is 18.6. The van der Waals surface area contributed by atoms with Crippen LogP contribution in [0.25, 0.3) is 0 Å². The van der Waals surface area contributed by atoms with E-state index in [0.29, 0.717) is 11.3 Å². The van der Waals surface area contributed by atoms with Crippen LogP contribution in [0.4, 0.5) is 4.39 Å². The fourth-order valence-electron chi connectivity index (χ4n) is 3.89. The molecule has 2 aromatic rings. The highest BCUT2D eigenvalue weighted by molar-refractivity contribution is 9.10. The summed E-state index contributed by atoms with van der Waals surface area (Å²) < 4.78 is 20.8. The van der Waals surface area contributed by atoms with Crippen molar-refractivity contribution in [2.24, 2.45) is 0 Å². The largest absolute Gasteiger partial charge is 0.483 e. The number of rotatable bonds is 9. The van der Waals surface area contributed by atoms with Crippen molar-refractivity contribution in [2.45, 2.75) is 64.6 Å². The van der Waals surface area contributed by atoms with Crippen LogP contribution < -0.4 is 10.1 Å². The Balaban J connectivity index is 1.73. The predicted molar refractivity (Wildman–Crippen MR) is 126 cm³/mol. The molecule has 1 atom stereocenters. The first-order valence-corrected chi connectivity index (χ1v) is 11.9. The Morgan fingerprint density at radius 1 is 1.22 bits per heavy atom. The molecule has 1 N–H and O–H groups in total. The number of hydrogen-bond donors (Lipinski definition) is 1. The van der Waals surface area contributed by atoms with Crippen molar-refractivity contribution in [3.63, 3.8) is 0 Å². The molecule has 2 aromatic carbocycles. The van der Waals surface area contributed by atoms with Crippen molar-refractivity contribution >= 4 is 27.7 Å². The average Bonchev–Trinajstić information content (AvgIpc) is 3.30. The molecule has 1 aliphatic carbocycles. The Bertz CT molecular complexity index is 947. The van der Waals surface area contributed by atoms with E-state index in [9.17, 15) is 14.0 Å². The molecule has 5 nitrogen and oxygen atoms in total. The minimum absolute atomic E-state index is 0.00986. The highest BCUT2D eigenvalue weighted by Gasteiger charge is 2.29. The van der Waals surface area contributed by atoms with Crippen molar-refractivity contribution in [2.75, 3.05) is 6.61 Å². The molecular weight excluding hydrogens is 475 g/mol. The number of aryl methyl sites for hydroxylation is 1. The number of nitrogens with one attached hydrogen (secondary N) is 1. The monoisotopic (exact) mass is 504 g/mol. The molecule has 0 radical (unpaired) electrons. The number of benzene rings is 2. The van der Waals surface area contributed by atoms with Crippen LogP contribution in [0.2, 0.25) is 0 Å². The third-order valence-corrected chi connectivity index (χ3v) is 6.54. The molecule has 0 aromatic heterocycles. The Morgan fingerprint density at radius 3 is 2.59 bits per heavy atom. The fourth-order valence-corrected chi connectivity index (χ4v) is 4.43. The van der Waals surface area contributed by atoms with E-state index >= 15 is 0 Å². The Labute approximate surface area is 197 Å². The van der Waals surface area contributed by atoms with Crippen LogP contribution in [-0.2, 0) is 22.6 Å². The van der Waals surface area contributed by atoms with Crippen LogP contribution in [0.15, 0.2) is 46.9 Å². The molecule has 1 fully saturated rings. The van der Waals surface area contributed by atoms with Crippen LogP contribution in [0.3, 0.4) is 0 Å². The molecule has 1 saturated carbocycles. The molecule has 3 rings (SSSR count). The molecule has 0 spiro atoms. The molecule has 0 heterocycles. The molecule has 172 valence electrons. The van der Waals surface area contributed by atoms with Crippen molar-refractivity contribution in [1.29, 1.82) is 0 Å². The summed E-state index contributed by atoms with van der Waals surface area (Å²) in [4.78, 5) is 27.4. The molecule has 1 unspecified atom stereocenters. The summed E-state index contributed by atoms with van der Waals surface area (Å²) in [5.74, 6) is -0.471. The first kappa shape index (κ1) is 24.2. The fraction of sp³-hybridized carbons (Fsp3) is 0.440.